The second kappa shape index (κ2) is 4.08. The Kier molecular flexibility index (Phi) is 2.79. The van der Waals surface area contributed by atoms with E-state index in [0.29, 0.717) is 13.1 Å². The van der Waals surface area contributed by atoms with Crippen LogP contribution in [0.4, 0.5) is 4.79 Å². The molecule has 2 unspecified atom stereocenters. The number of hydrogen-bond donors (Lipinski definition) is 2. The van der Waals surface area contributed by atoms with Gasteiger partial charge in [0.15, 0.2) is 0 Å². The van der Waals surface area contributed by atoms with Crippen LogP contribution in [0.3, 0.4) is 0 Å². The highest BCUT2D eigenvalue weighted by Gasteiger charge is 2.42. The molecular formula is C10H17N3O2. The van der Waals surface area contributed by atoms with Crippen LogP contribution in [-0.2, 0) is 4.79 Å². The Morgan fingerprint density at radius 1 is 1.67 bits per heavy atom. The van der Waals surface area contributed by atoms with Gasteiger partial charge in [0, 0.05) is 19.6 Å². The van der Waals surface area contributed by atoms with E-state index in [4.69, 9.17) is 0 Å². The van der Waals surface area contributed by atoms with E-state index in [2.05, 4.69) is 10.6 Å². The summed E-state index contributed by atoms with van der Waals surface area (Å²) in [6, 6.07) is 0.0292. The van der Waals surface area contributed by atoms with Crippen LogP contribution in [0.15, 0.2) is 0 Å². The molecule has 2 N–H and O–H groups in total. The van der Waals surface area contributed by atoms with Crippen molar-refractivity contribution in [3.05, 3.63) is 0 Å². The zero-order valence-electron chi connectivity index (χ0n) is 8.95. The zero-order valence-corrected chi connectivity index (χ0v) is 8.95. The average molecular weight is 211 g/mol. The molecule has 0 radical (unpaired) electrons. The highest BCUT2D eigenvalue weighted by Crippen LogP contribution is 2.27. The molecule has 15 heavy (non-hydrogen) atoms. The van der Waals surface area contributed by atoms with E-state index in [9.17, 15) is 9.59 Å². The molecule has 0 aromatic heterocycles. The van der Waals surface area contributed by atoms with Gasteiger partial charge in [-0.2, -0.15) is 0 Å². The number of carbonyl (C=O) groups excluding carboxylic acids is 2. The molecule has 2 heterocycles. The molecule has 0 saturated carbocycles. The fraction of sp³-hybridized carbons (Fsp3) is 0.800. The SMILES string of the molecule is CCNC(=O)N1CCCC2C(=O)NCC21. The van der Waals surface area contributed by atoms with Crippen molar-refractivity contribution in [2.24, 2.45) is 5.92 Å². The molecule has 2 aliphatic rings. The van der Waals surface area contributed by atoms with Gasteiger partial charge in [0.1, 0.15) is 0 Å². The minimum Gasteiger partial charge on any atom is -0.354 e. The first kappa shape index (κ1) is 10.3. The third kappa shape index (κ3) is 1.78. The fourth-order valence-electron chi connectivity index (χ4n) is 2.46. The van der Waals surface area contributed by atoms with Gasteiger partial charge in [-0.3, -0.25) is 4.79 Å². The van der Waals surface area contributed by atoms with Crippen LogP contribution in [0.25, 0.3) is 0 Å². The van der Waals surface area contributed by atoms with Gasteiger partial charge in [0.2, 0.25) is 5.91 Å². The van der Waals surface area contributed by atoms with Gasteiger partial charge < -0.3 is 15.5 Å². The van der Waals surface area contributed by atoms with Gasteiger partial charge in [-0.05, 0) is 19.8 Å². The molecule has 3 amide bonds. The minimum absolute atomic E-state index is 0.0151. The van der Waals surface area contributed by atoms with Crippen LogP contribution in [0.5, 0.6) is 0 Å². The standard InChI is InChI=1S/C10H17N3O2/c1-2-11-10(15)13-5-3-4-7-8(13)6-12-9(7)14/h7-8H,2-6H2,1H3,(H,11,15)(H,12,14). The smallest absolute Gasteiger partial charge is 0.317 e. The molecule has 0 aromatic carbocycles. The Bertz CT molecular complexity index is 280. The molecule has 2 atom stereocenters. The number of hydrogen-bond acceptors (Lipinski definition) is 2. The van der Waals surface area contributed by atoms with Gasteiger partial charge in [0.25, 0.3) is 0 Å². The summed E-state index contributed by atoms with van der Waals surface area (Å²) in [5, 5.41) is 5.62. The number of rotatable bonds is 1. The average Bonchev–Trinajstić information content (AvgIpc) is 2.61. The van der Waals surface area contributed by atoms with Crippen molar-refractivity contribution in [1.29, 1.82) is 0 Å². The Labute approximate surface area is 89.2 Å². The molecule has 2 fully saturated rings. The number of amides is 3. The molecule has 5 nitrogen and oxygen atoms in total. The van der Waals surface area contributed by atoms with Crippen LogP contribution < -0.4 is 10.6 Å². The third-order valence-electron chi connectivity index (χ3n) is 3.19. The number of nitrogens with one attached hydrogen (secondary N) is 2. The van der Waals surface area contributed by atoms with Crippen molar-refractivity contribution in [1.82, 2.24) is 15.5 Å². The van der Waals surface area contributed by atoms with Gasteiger partial charge in [-0.1, -0.05) is 0 Å². The maximum atomic E-state index is 11.7. The monoisotopic (exact) mass is 211 g/mol. The van der Waals surface area contributed by atoms with Gasteiger partial charge in [-0.25, -0.2) is 4.79 Å². The first-order chi connectivity index (χ1) is 7.24. The number of carbonyl (C=O) groups is 2. The lowest BCUT2D eigenvalue weighted by atomic mass is 9.92. The second-order valence-corrected chi connectivity index (χ2v) is 4.09. The van der Waals surface area contributed by atoms with Crippen molar-refractivity contribution in [3.8, 4) is 0 Å². The normalized spacial score (nSPS) is 29.7. The topological polar surface area (TPSA) is 61.4 Å². The number of urea groups is 1. The molecule has 0 spiro atoms. The van der Waals surface area contributed by atoms with Crippen molar-refractivity contribution in [2.75, 3.05) is 19.6 Å². The van der Waals surface area contributed by atoms with Crippen molar-refractivity contribution in [3.63, 3.8) is 0 Å². The quantitative estimate of drug-likeness (QED) is 0.637. The first-order valence-electron chi connectivity index (χ1n) is 5.56. The van der Waals surface area contributed by atoms with Gasteiger partial charge in [0.05, 0.1) is 12.0 Å². The van der Waals surface area contributed by atoms with Crippen LogP contribution >= 0.6 is 0 Å². The lowest BCUT2D eigenvalue weighted by Gasteiger charge is -2.35. The number of piperidine rings is 1. The molecule has 0 aliphatic carbocycles. The van der Waals surface area contributed by atoms with E-state index in [-0.39, 0.29) is 23.9 Å². The Hall–Kier alpha value is -1.26. The predicted molar refractivity (Wildman–Crippen MR) is 55.3 cm³/mol. The van der Waals surface area contributed by atoms with Crippen LogP contribution in [0.1, 0.15) is 19.8 Å². The summed E-state index contributed by atoms with van der Waals surface area (Å²) in [7, 11) is 0. The molecule has 0 bridgehead atoms. The van der Waals surface area contributed by atoms with Crippen molar-refractivity contribution in [2.45, 2.75) is 25.8 Å². The largest absolute Gasteiger partial charge is 0.354 e. The Morgan fingerprint density at radius 2 is 2.47 bits per heavy atom. The van der Waals surface area contributed by atoms with Crippen molar-refractivity contribution >= 4 is 11.9 Å². The molecule has 2 saturated heterocycles. The number of nitrogens with zero attached hydrogens (tertiary/aromatic N) is 1. The maximum absolute atomic E-state index is 11.7. The molecule has 0 aromatic rings. The van der Waals surface area contributed by atoms with Crippen LogP contribution in [0.2, 0.25) is 0 Å². The summed E-state index contributed by atoms with van der Waals surface area (Å²) < 4.78 is 0. The summed E-state index contributed by atoms with van der Waals surface area (Å²) in [6.07, 6.45) is 1.83. The summed E-state index contributed by atoms with van der Waals surface area (Å²) in [4.78, 5) is 25.0. The number of fused-ring (bicyclic) bond motifs is 1. The zero-order chi connectivity index (χ0) is 10.8. The predicted octanol–water partition coefficient (Wildman–Crippen LogP) is -0.0737. The molecule has 5 heteroatoms. The summed E-state index contributed by atoms with van der Waals surface area (Å²) in [6.45, 7) is 3.91. The Balaban J connectivity index is 2.06. The molecule has 2 aliphatic heterocycles. The molecule has 84 valence electrons. The minimum atomic E-state index is -0.0382. The van der Waals surface area contributed by atoms with Gasteiger partial charge >= 0.3 is 6.03 Å². The van der Waals surface area contributed by atoms with Crippen LogP contribution in [-0.4, -0.2) is 42.5 Å². The van der Waals surface area contributed by atoms with E-state index in [1.807, 2.05) is 6.92 Å². The maximum Gasteiger partial charge on any atom is 0.317 e. The van der Waals surface area contributed by atoms with E-state index in [1.165, 1.54) is 0 Å². The second-order valence-electron chi connectivity index (χ2n) is 4.09. The third-order valence-corrected chi connectivity index (χ3v) is 3.19. The first-order valence-corrected chi connectivity index (χ1v) is 5.56. The summed E-state index contributed by atoms with van der Waals surface area (Å²) in [5.41, 5.74) is 0. The summed E-state index contributed by atoms with van der Waals surface area (Å²) >= 11 is 0. The fourth-order valence-corrected chi connectivity index (χ4v) is 2.46. The van der Waals surface area contributed by atoms with E-state index in [1.54, 1.807) is 4.90 Å². The Morgan fingerprint density at radius 3 is 3.20 bits per heavy atom. The lowest BCUT2D eigenvalue weighted by Crippen LogP contribution is -2.52. The van der Waals surface area contributed by atoms with Crippen LogP contribution in [0, 0.1) is 5.92 Å². The van der Waals surface area contributed by atoms with Gasteiger partial charge in [-0.15, -0.1) is 0 Å². The van der Waals surface area contributed by atoms with E-state index < -0.39 is 0 Å². The highest BCUT2D eigenvalue weighted by molar-refractivity contribution is 5.84. The molecular weight excluding hydrogens is 194 g/mol. The van der Waals surface area contributed by atoms with Crippen molar-refractivity contribution < 1.29 is 9.59 Å². The summed E-state index contributed by atoms with van der Waals surface area (Å²) in [5.74, 6) is 0.121. The van der Waals surface area contributed by atoms with E-state index >= 15 is 0 Å². The highest BCUT2D eigenvalue weighted by atomic mass is 16.2. The number of likely N-dealkylation sites (tertiary alicyclic amines) is 1. The lowest BCUT2D eigenvalue weighted by molar-refractivity contribution is -0.123. The molecule has 2 rings (SSSR count). The van der Waals surface area contributed by atoms with E-state index in [0.717, 1.165) is 19.4 Å².